The van der Waals surface area contributed by atoms with E-state index in [1.807, 2.05) is 6.92 Å². The molecule has 0 aliphatic heterocycles. The van der Waals surface area contributed by atoms with Gasteiger partial charge < -0.3 is 4.55 Å². The van der Waals surface area contributed by atoms with Crippen molar-refractivity contribution in [1.29, 1.82) is 0 Å². The third-order valence-electron chi connectivity index (χ3n) is 1.91. The lowest BCUT2D eigenvalue weighted by molar-refractivity contribution is -0.127. The minimum atomic E-state index is -2.57. The summed E-state index contributed by atoms with van der Waals surface area (Å²) in [5.41, 5.74) is 2.72. The number of hydroxylamine groups is 1. The maximum absolute atomic E-state index is 10.9. The first-order valence-electron chi connectivity index (χ1n) is 4.41. The minimum Gasteiger partial charge on any atom is -0.755 e. The number of carbonyl (C=O) groups is 1. The summed E-state index contributed by atoms with van der Waals surface area (Å²) in [6.45, 7) is 1.40. The van der Waals surface area contributed by atoms with Crippen molar-refractivity contribution in [2.75, 3.05) is 10.8 Å². The number of hydrogen-bond acceptors (Lipinski definition) is 4. The molecule has 0 aliphatic rings. The van der Waals surface area contributed by atoms with Gasteiger partial charge in [0.05, 0.1) is 0 Å². The number of hydrogen-bond donors (Lipinski definition) is 2. The van der Waals surface area contributed by atoms with E-state index < -0.39 is 23.7 Å². The van der Waals surface area contributed by atoms with E-state index in [-0.39, 0.29) is 0 Å². The highest BCUT2D eigenvalue weighted by molar-refractivity contribution is 7.80. The van der Waals surface area contributed by atoms with Gasteiger partial charge in [-0.05, 0) is 19.1 Å². The first-order valence-corrected chi connectivity index (χ1v) is 5.44. The van der Waals surface area contributed by atoms with Crippen LogP contribution in [0.15, 0.2) is 24.3 Å². The molecule has 7 heteroatoms. The quantitative estimate of drug-likeness (QED) is 0.445. The highest BCUT2D eigenvalue weighted by Gasteiger charge is 2.11. The molecule has 0 aliphatic carbocycles. The Balaban J connectivity index is 2.89. The third-order valence-corrected chi connectivity index (χ3v) is 2.61. The average molecular weight is 243 g/mol. The predicted molar refractivity (Wildman–Crippen MR) is 57.4 cm³/mol. The van der Waals surface area contributed by atoms with E-state index in [9.17, 15) is 13.6 Å². The van der Waals surface area contributed by atoms with Crippen LogP contribution in [0.2, 0.25) is 0 Å². The van der Waals surface area contributed by atoms with Gasteiger partial charge in [0.25, 0.3) is 5.91 Å². The summed E-state index contributed by atoms with van der Waals surface area (Å²) in [6.07, 6.45) is 0. The molecule has 0 saturated carbocycles. The van der Waals surface area contributed by atoms with Gasteiger partial charge >= 0.3 is 0 Å². The Morgan fingerprint density at radius 1 is 1.50 bits per heavy atom. The molecular weight excluding hydrogens is 232 g/mol. The fourth-order valence-corrected chi connectivity index (χ4v) is 1.62. The van der Waals surface area contributed by atoms with Crippen molar-refractivity contribution in [3.05, 3.63) is 29.8 Å². The highest BCUT2D eigenvalue weighted by atomic mass is 32.2. The molecule has 0 spiro atoms. The zero-order valence-corrected chi connectivity index (χ0v) is 9.36. The van der Waals surface area contributed by atoms with Crippen molar-refractivity contribution in [3.63, 3.8) is 0 Å². The standard InChI is InChI=1S/C9H12N2O4S/c1-7-2-4-8(5-3-7)11(16(14)15)6-9(12)10-13/h2-5,13H,6H2,1H3,(H,10,12)(H,14,15)/p-1. The summed E-state index contributed by atoms with van der Waals surface area (Å²) < 4.78 is 22.6. The molecule has 0 bridgehead atoms. The Bertz CT molecular complexity index is 393. The van der Waals surface area contributed by atoms with E-state index in [0.717, 1.165) is 9.87 Å². The monoisotopic (exact) mass is 243 g/mol. The second-order valence-electron chi connectivity index (χ2n) is 3.12. The van der Waals surface area contributed by atoms with Crippen LogP contribution in [0.1, 0.15) is 5.56 Å². The van der Waals surface area contributed by atoms with Gasteiger partial charge in [-0.15, -0.1) is 0 Å². The van der Waals surface area contributed by atoms with E-state index in [0.29, 0.717) is 5.69 Å². The molecule has 1 amide bonds. The van der Waals surface area contributed by atoms with Gasteiger partial charge in [-0.2, -0.15) is 0 Å². The number of rotatable bonds is 4. The molecule has 1 atom stereocenters. The molecular formula is C9H11N2O4S-. The van der Waals surface area contributed by atoms with Crippen LogP contribution >= 0.6 is 0 Å². The lowest BCUT2D eigenvalue weighted by Crippen LogP contribution is -2.36. The number of aryl methyl sites for hydroxylation is 1. The molecule has 16 heavy (non-hydrogen) atoms. The van der Waals surface area contributed by atoms with Crippen molar-refractivity contribution in [1.82, 2.24) is 5.48 Å². The first kappa shape index (κ1) is 12.6. The van der Waals surface area contributed by atoms with Gasteiger partial charge in [0.2, 0.25) is 0 Å². The Labute approximate surface area is 95.3 Å². The predicted octanol–water partition coefficient (Wildman–Crippen LogP) is 0.101. The van der Waals surface area contributed by atoms with Crippen LogP contribution in [0.5, 0.6) is 0 Å². The minimum absolute atomic E-state index is 0.363. The zero-order chi connectivity index (χ0) is 12.1. The molecule has 0 heterocycles. The van der Waals surface area contributed by atoms with Gasteiger partial charge in [0.1, 0.15) is 6.54 Å². The fourth-order valence-electron chi connectivity index (χ4n) is 1.11. The molecule has 0 fully saturated rings. The van der Waals surface area contributed by atoms with Crippen LogP contribution in [0.25, 0.3) is 0 Å². The summed E-state index contributed by atoms with van der Waals surface area (Å²) in [7, 11) is 0. The Morgan fingerprint density at radius 2 is 2.06 bits per heavy atom. The normalized spacial score (nSPS) is 11.9. The molecule has 88 valence electrons. The highest BCUT2D eigenvalue weighted by Crippen LogP contribution is 2.15. The second kappa shape index (κ2) is 5.59. The smallest absolute Gasteiger partial charge is 0.263 e. The number of carbonyl (C=O) groups excluding carboxylic acids is 1. The number of nitrogens with one attached hydrogen (secondary N) is 1. The molecule has 1 unspecified atom stereocenters. The zero-order valence-electron chi connectivity index (χ0n) is 8.54. The molecule has 1 aromatic carbocycles. The fraction of sp³-hybridized carbons (Fsp3) is 0.222. The van der Waals surface area contributed by atoms with E-state index in [4.69, 9.17) is 5.21 Å². The van der Waals surface area contributed by atoms with E-state index in [2.05, 4.69) is 0 Å². The largest absolute Gasteiger partial charge is 0.755 e. The van der Waals surface area contributed by atoms with Crippen LogP contribution in [0.3, 0.4) is 0 Å². The average Bonchev–Trinajstić information content (AvgIpc) is 2.26. The Kier molecular flexibility index (Phi) is 4.41. The first-order chi connectivity index (χ1) is 7.54. The van der Waals surface area contributed by atoms with Gasteiger partial charge in [-0.25, -0.2) is 5.48 Å². The van der Waals surface area contributed by atoms with Gasteiger partial charge in [-0.1, -0.05) is 17.7 Å². The summed E-state index contributed by atoms with van der Waals surface area (Å²) in [6, 6.07) is 6.61. The lowest BCUT2D eigenvalue weighted by Gasteiger charge is -2.25. The molecule has 2 N–H and O–H groups in total. The van der Waals surface area contributed by atoms with Gasteiger partial charge in [0.15, 0.2) is 0 Å². The summed E-state index contributed by atoms with van der Waals surface area (Å²) in [4.78, 5) is 10.9. The van der Waals surface area contributed by atoms with Crippen molar-refractivity contribution >= 4 is 22.9 Å². The van der Waals surface area contributed by atoms with Crippen molar-refractivity contribution in [2.45, 2.75) is 6.92 Å². The summed E-state index contributed by atoms with van der Waals surface area (Å²) in [5.74, 6) is -0.801. The molecule has 0 saturated heterocycles. The number of anilines is 1. The van der Waals surface area contributed by atoms with Crippen molar-refractivity contribution in [2.24, 2.45) is 0 Å². The SMILES string of the molecule is Cc1ccc(N(CC(=O)NO)S(=O)[O-])cc1. The van der Waals surface area contributed by atoms with E-state index >= 15 is 0 Å². The van der Waals surface area contributed by atoms with Crippen molar-refractivity contribution in [3.8, 4) is 0 Å². The molecule has 1 rings (SSSR count). The number of nitrogens with zero attached hydrogens (tertiary/aromatic N) is 1. The topological polar surface area (TPSA) is 92.7 Å². The van der Waals surface area contributed by atoms with Gasteiger partial charge in [0, 0.05) is 17.0 Å². The van der Waals surface area contributed by atoms with E-state index in [1.165, 1.54) is 5.48 Å². The molecule has 6 nitrogen and oxygen atoms in total. The Morgan fingerprint density at radius 3 is 2.50 bits per heavy atom. The summed E-state index contributed by atoms with van der Waals surface area (Å²) in [5, 5.41) is 8.33. The summed E-state index contributed by atoms with van der Waals surface area (Å²) >= 11 is -2.57. The second-order valence-corrected chi connectivity index (χ2v) is 4.00. The van der Waals surface area contributed by atoms with Crippen molar-refractivity contribution < 1.29 is 18.8 Å². The van der Waals surface area contributed by atoms with E-state index in [1.54, 1.807) is 24.3 Å². The third kappa shape index (κ3) is 3.30. The van der Waals surface area contributed by atoms with Gasteiger partial charge in [-0.3, -0.25) is 18.5 Å². The van der Waals surface area contributed by atoms with Crippen LogP contribution in [-0.4, -0.2) is 26.4 Å². The number of benzene rings is 1. The van der Waals surface area contributed by atoms with Crippen LogP contribution in [0, 0.1) is 6.92 Å². The lowest BCUT2D eigenvalue weighted by atomic mass is 10.2. The molecule has 1 aromatic rings. The molecule has 0 aromatic heterocycles. The Hall–Kier alpha value is -1.44. The number of amides is 1. The maximum atomic E-state index is 10.9. The van der Waals surface area contributed by atoms with Crippen LogP contribution in [-0.2, 0) is 16.1 Å². The maximum Gasteiger partial charge on any atom is 0.263 e. The van der Waals surface area contributed by atoms with Crippen LogP contribution in [0.4, 0.5) is 5.69 Å². The molecule has 0 radical (unpaired) electrons. The van der Waals surface area contributed by atoms with Crippen LogP contribution < -0.4 is 9.79 Å².